The van der Waals surface area contributed by atoms with Gasteiger partial charge in [-0.2, -0.15) is 0 Å². The third kappa shape index (κ3) is 3.23. The third-order valence-corrected chi connectivity index (χ3v) is 2.94. The Morgan fingerprint density at radius 1 is 1.06 bits per heavy atom. The van der Waals surface area contributed by atoms with Crippen LogP contribution in [0.15, 0.2) is 42.5 Å². The van der Waals surface area contributed by atoms with Crippen LogP contribution in [-0.4, -0.2) is 0 Å². The van der Waals surface area contributed by atoms with Crippen molar-refractivity contribution in [1.82, 2.24) is 0 Å². The Kier molecular flexibility index (Phi) is 4.21. The summed E-state index contributed by atoms with van der Waals surface area (Å²) in [6.07, 6.45) is 0.938. The van der Waals surface area contributed by atoms with Gasteiger partial charge in [0.2, 0.25) is 0 Å². The van der Waals surface area contributed by atoms with Gasteiger partial charge in [-0.25, -0.2) is 4.39 Å². The Morgan fingerprint density at radius 2 is 1.83 bits per heavy atom. The molecule has 0 saturated carbocycles. The van der Waals surface area contributed by atoms with E-state index >= 15 is 0 Å². The molecule has 0 aliphatic carbocycles. The van der Waals surface area contributed by atoms with E-state index in [1.807, 2.05) is 24.3 Å². The van der Waals surface area contributed by atoms with Gasteiger partial charge in [0.1, 0.15) is 17.3 Å². The van der Waals surface area contributed by atoms with Gasteiger partial charge in [-0.3, -0.25) is 0 Å². The van der Waals surface area contributed by atoms with E-state index in [-0.39, 0.29) is 11.7 Å². The summed E-state index contributed by atoms with van der Waals surface area (Å²) in [5.41, 5.74) is 1.89. The highest BCUT2D eigenvalue weighted by molar-refractivity contribution is 6.17. The molecule has 0 unspecified atom stereocenters. The lowest BCUT2D eigenvalue weighted by Crippen LogP contribution is -1.89. The summed E-state index contributed by atoms with van der Waals surface area (Å²) in [6, 6.07) is 12.3. The smallest absolute Gasteiger partial charge is 0.130 e. The Hall–Kier alpha value is -1.54. The molecule has 0 fully saturated rings. The molecule has 0 spiro atoms. The molecule has 0 aliphatic heterocycles. The number of halogens is 2. The molecule has 0 radical (unpaired) electrons. The van der Waals surface area contributed by atoms with Gasteiger partial charge >= 0.3 is 0 Å². The number of ether oxygens (including phenoxy) is 1. The van der Waals surface area contributed by atoms with Gasteiger partial charge in [0.05, 0.1) is 0 Å². The van der Waals surface area contributed by atoms with Crippen molar-refractivity contribution in [3.63, 3.8) is 0 Å². The minimum atomic E-state index is -0.338. The minimum absolute atomic E-state index is 0.267. The molecule has 0 saturated heterocycles. The predicted molar refractivity (Wildman–Crippen MR) is 71.9 cm³/mol. The second-order valence-electron chi connectivity index (χ2n) is 4.03. The topological polar surface area (TPSA) is 9.23 Å². The first-order valence-electron chi connectivity index (χ1n) is 5.83. The number of alkyl halides is 1. The van der Waals surface area contributed by atoms with Crippen LogP contribution in [0.4, 0.5) is 4.39 Å². The average molecular weight is 265 g/mol. The second kappa shape index (κ2) is 5.87. The molecular weight excluding hydrogens is 251 g/mol. The van der Waals surface area contributed by atoms with Crippen LogP contribution in [0.2, 0.25) is 0 Å². The molecule has 0 amide bonds. The van der Waals surface area contributed by atoms with E-state index in [2.05, 4.69) is 6.92 Å². The Labute approximate surface area is 111 Å². The van der Waals surface area contributed by atoms with Crippen molar-refractivity contribution in [3.05, 3.63) is 59.4 Å². The quantitative estimate of drug-likeness (QED) is 0.712. The van der Waals surface area contributed by atoms with Crippen molar-refractivity contribution >= 4 is 11.6 Å². The molecule has 0 aromatic heterocycles. The number of hydrogen-bond acceptors (Lipinski definition) is 1. The van der Waals surface area contributed by atoms with Crippen LogP contribution in [0.5, 0.6) is 11.5 Å². The molecule has 0 atom stereocenters. The van der Waals surface area contributed by atoms with Gasteiger partial charge in [-0.15, -0.1) is 11.6 Å². The Balaban J connectivity index is 2.24. The largest absolute Gasteiger partial charge is 0.457 e. The zero-order valence-electron chi connectivity index (χ0n) is 10.1. The number of hydrogen-bond donors (Lipinski definition) is 0. The van der Waals surface area contributed by atoms with Gasteiger partial charge < -0.3 is 4.74 Å². The van der Waals surface area contributed by atoms with Gasteiger partial charge in [-0.1, -0.05) is 19.1 Å². The Bertz CT molecular complexity index is 540. The lowest BCUT2D eigenvalue weighted by Gasteiger charge is -2.08. The van der Waals surface area contributed by atoms with E-state index in [0.717, 1.165) is 6.42 Å². The van der Waals surface area contributed by atoms with Gasteiger partial charge in [0, 0.05) is 11.9 Å². The zero-order valence-corrected chi connectivity index (χ0v) is 10.9. The van der Waals surface area contributed by atoms with Crippen molar-refractivity contribution in [3.8, 4) is 11.5 Å². The highest BCUT2D eigenvalue weighted by atomic mass is 35.5. The van der Waals surface area contributed by atoms with Crippen molar-refractivity contribution in [2.75, 3.05) is 0 Å². The number of aryl methyl sites for hydroxylation is 1. The summed E-state index contributed by atoms with van der Waals surface area (Å²) in [7, 11) is 0. The first-order valence-corrected chi connectivity index (χ1v) is 6.37. The molecule has 0 bridgehead atoms. The molecule has 18 heavy (non-hydrogen) atoms. The van der Waals surface area contributed by atoms with Gasteiger partial charge in [0.15, 0.2) is 0 Å². The molecule has 0 heterocycles. The van der Waals surface area contributed by atoms with Crippen LogP contribution >= 0.6 is 11.6 Å². The van der Waals surface area contributed by atoms with Crippen molar-refractivity contribution in [2.24, 2.45) is 0 Å². The molecule has 2 rings (SSSR count). The maximum absolute atomic E-state index is 13.3. The van der Waals surface area contributed by atoms with E-state index < -0.39 is 0 Å². The maximum atomic E-state index is 13.3. The average Bonchev–Trinajstić information content (AvgIpc) is 2.38. The van der Waals surface area contributed by atoms with Crippen LogP contribution < -0.4 is 4.74 Å². The molecular formula is C15H14ClFO. The van der Waals surface area contributed by atoms with E-state index in [1.165, 1.54) is 17.7 Å². The van der Waals surface area contributed by atoms with Gasteiger partial charge in [0.25, 0.3) is 0 Å². The summed E-state index contributed by atoms with van der Waals surface area (Å²) < 4.78 is 19.0. The first kappa shape index (κ1) is 12.9. The lowest BCUT2D eigenvalue weighted by molar-refractivity contribution is 0.475. The van der Waals surface area contributed by atoms with Crippen LogP contribution in [-0.2, 0) is 12.3 Å². The highest BCUT2D eigenvalue weighted by Gasteiger charge is 2.03. The highest BCUT2D eigenvalue weighted by Crippen LogP contribution is 2.25. The molecule has 1 nitrogen and oxygen atoms in total. The standard InChI is InChI=1S/C15H14ClFO/c1-2-11-4-3-5-14(7-11)18-15-8-12(10-16)6-13(17)9-15/h3-9H,2,10H2,1H3. The second-order valence-corrected chi connectivity index (χ2v) is 4.30. The molecule has 2 aromatic carbocycles. The number of benzene rings is 2. The van der Waals surface area contributed by atoms with Crippen LogP contribution in [0, 0.1) is 5.82 Å². The lowest BCUT2D eigenvalue weighted by atomic mass is 10.1. The predicted octanol–water partition coefficient (Wildman–Crippen LogP) is 4.92. The fourth-order valence-corrected chi connectivity index (χ4v) is 1.88. The molecule has 2 aromatic rings. The van der Waals surface area contributed by atoms with Crippen molar-refractivity contribution in [2.45, 2.75) is 19.2 Å². The maximum Gasteiger partial charge on any atom is 0.130 e. The fourth-order valence-electron chi connectivity index (χ4n) is 1.72. The minimum Gasteiger partial charge on any atom is -0.457 e. The Morgan fingerprint density at radius 3 is 2.56 bits per heavy atom. The van der Waals surface area contributed by atoms with Crippen LogP contribution in [0.3, 0.4) is 0 Å². The van der Waals surface area contributed by atoms with Crippen LogP contribution in [0.25, 0.3) is 0 Å². The molecule has 3 heteroatoms. The normalized spacial score (nSPS) is 10.4. The van der Waals surface area contributed by atoms with E-state index in [4.69, 9.17) is 16.3 Å². The van der Waals surface area contributed by atoms with E-state index in [1.54, 1.807) is 6.07 Å². The van der Waals surface area contributed by atoms with Crippen molar-refractivity contribution < 1.29 is 9.13 Å². The summed E-state index contributed by atoms with van der Waals surface area (Å²) >= 11 is 5.70. The van der Waals surface area contributed by atoms with Crippen LogP contribution in [0.1, 0.15) is 18.1 Å². The van der Waals surface area contributed by atoms with E-state index in [9.17, 15) is 4.39 Å². The molecule has 94 valence electrons. The number of rotatable bonds is 4. The summed E-state index contributed by atoms with van der Waals surface area (Å²) in [5, 5.41) is 0. The monoisotopic (exact) mass is 264 g/mol. The fraction of sp³-hybridized carbons (Fsp3) is 0.200. The summed E-state index contributed by atoms with van der Waals surface area (Å²) in [4.78, 5) is 0. The summed E-state index contributed by atoms with van der Waals surface area (Å²) in [6.45, 7) is 2.08. The first-order chi connectivity index (χ1) is 8.71. The SMILES string of the molecule is CCc1cccc(Oc2cc(F)cc(CCl)c2)c1. The third-order valence-electron chi connectivity index (χ3n) is 2.63. The molecule has 0 N–H and O–H groups in total. The summed E-state index contributed by atoms with van der Waals surface area (Å²) in [5.74, 6) is 1.11. The zero-order chi connectivity index (χ0) is 13.0. The van der Waals surface area contributed by atoms with E-state index in [0.29, 0.717) is 17.1 Å². The van der Waals surface area contributed by atoms with Crippen molar-refractivity contribution in [1.29, 1.82) is 0 Å². The molecule has 0 aliphatic rings. The van der Waals surface area contributed by atoms with Gasteiger partial charge in [-0.05, 0) is 41.8 Å².